The maximum absolute atomic E-state index is 11.7. The molecule has 5 heteroatoms. The summed E-state index contributed by atoms with van der Waals surface area (Å²) in [6, 6.07) is 15.6. The van der Waals surface area contributed by atoms with Crippen LogP contribution in [0, 0.1) is 0 Å². The van der Waals surface area contributed by atoms with Crippen molar-refractivity contribution in [2.45, 2.75) is 11.8 Å². The van der Waals surface area contributed by atoms with E-state index in [1.807, 2.05) is 48.5 Å². The third kappa shape index (κ3) is 6.24. The quantitative estimate of drug-likeness (QED) is 0.348. The van der Waals surface area contributed by atoms with E-state index in [9.17, 15) is 9.59 Å². The van der Waals surface area contributed by atoms with Gasteiger partial charge in [-0.25, -0.2) is 0 Å². The van der Waals surface area contributed by atoms with Gasteiger partial charge in [0.15, 0.2) is 0 Å². The molecule has 0 aliphatic carbocycles. The molecule has 0 unspecified atom stereocenters. The molecule has 0 aliphatic heterocycles. The molecule has 0 spiro atoms. The molecule has 0 radical (unpaired) electrons. The van der Waals surface area contributed by atoms with Crippen molar-refractivity contribution in [1.82, 2.24) is 0 Å². The fraction of sp³-hybridized carbons (Fsp3) is 0.143. The van der Waals surface area contributed by atoms with Gasteiger partial charge in [0.25, 0.3) is 0 Å². The fourth-order valence-corrected chi connectivity index (χ4v) is 3.16. The van der Waals surface area contributed by atoms with Gasteiger partial charge in [-0.05, 0) is 65.7 Å². The summed E-state index contributed by atoms with van der Waals surface area (Å²) in [6.45, 7) is 9.27. The van der Waals surface area contributed by atoms with Gasteiger partial charge in [0, 0.05) is 10.6 Å². The van der Waals surface area contributed by atoms with Crippen molar-refractivity contribution >= 4 is 33.8 Å². The Morgan fingerprint density at radius 2 is 1.62 bits per heavy atom. The van der Waals surface area contributed by atoms with Gasteiger partial charge in [-0.15, -0.1) is 0 Å². The Morgan fingerprint density at radius 3 is 2.15 bits per heavy atom. The van der Waals surface area contributed by atoms with Crippen LogP contribution in [-0.2, 0) is 9.59 Å². The third-order valence-electron chi connectivity index (χ3n) is 3.36. The highest BCUT2D eigenvalue weighted by Gasteiger charge is 2.06. The van der Waals surface area contributed by atoms with E-state index >= 15 is 0 Å². The second-order valence-corrected chi connectivity index (χ2v) is 7.58. The molecule has 26 heavy (non-hydrogen) atoms. The van der Waals surface area contributed by atoms with E-state index in [0.29, 0.717) is 17.9 Å². The molecule has 2 aromatic rings. The Balaban J connectivity index is 1.91. The Morgan fingerprint density at radius 1 is 1.04 bits per heavy atom. The number of thioether (sulfide) groups is 2. The first-order valence-electron chi connectivity index (χ1n) is 8.00. The minimum Gasteiger partial charge on any atom is -0.493 e. The number of rotatable bonds is 8. The van der Waals surface area contributed by atoms with Crippen molar-refractivity contribution in [3.05, 3.63) is 73.3 Å². The van der Waals surface area contributed by atoms with Crippen LogP contribution >= 0.6 is 23.5 Å². The summed E-state index contributed by atoms with van der Waals surface area (Å²) in [5, 5.41) is -0.0669. The van der Waals surface area contributed by atoms with Crippen LogP contribution in [0.1, 0.15) is 6.92 Å². The molecule has 0 saturated carbocycles. The van der Waals surface area contributed by atoms with Crippen LogP contribution in [0.15, 0.2) is 78.2 Å². The van der Waals surface area contributed by atoms with E-state index in [0.717, 1.165) is 21.8 Å². The number of carbonyl (C=O) groups is 2. The van der Waals surface area contributed by atoms with Crippen LogP contribution in [0.5, 0.6) is 5.75 Å². The van der Waals surface area contributed by atoms with Gasteiger partial charge in [-0.3, -0.25) is 9.59 Å². The molecule has 0 fully saturated rings. The second kappa shape index (κ2) is 10.0. The second-order valence-electron chi connectivity index (χ2n) is 5.44. The number of hydrogen-bond donors (Lipinski definition) is 0. The summed E-state index contributed by atoms with van der Waals surface area (Å²) >= 11 is 2.37. The van der Waals surface area contributed by atoms with Crippen LogP contribution in [0.4, 0.5) is 0 Å². The highest BCUT2D eigenvalue weighted by Crippen LogP contribution is 2.27. The molecular formula is C21H20O3S2. The van der Waals surface area contributed by atoms with Crippen LogP contribution in [-0.4, -0.2) is 22.6 Å². The first kappa shape index (κ1) is 20.1. The highest BCUT2D eigenvalue weighted by molar-refractivity contribution is 8.14. The normalized spacial score (nSPS) is 10.2. The zero-order valence-electron chi connectivity index (χ0n) is 14.6. The lowest BCUT2D eigenvalue weighted by Crippen LogP contribution is -2.01. The van der Waals surface area contributed by atoms with E-state index in [1.165, 1.54) is 29.6 Å². The zero-order valence-corrected chi connectivity index (χ0v) is 16.2. The summed E-state index contributed by atoms with van der Waals surface area (Å²) in [4.78, 5) is 23.7. The molecule has 3 nitrogen and oxygen atoms in total. The maximum atomic E-state index is 11.7. The van der Waals surface area contributed by atoms with Crippen molar-refractivity contribution in [3.8, 4) is 16.9 Å². The van der Waals surface area contributed by atoms with E-state index in [1.54, 1.807) is 6.92 Å². The monoisotopic (exact) mass is 384 g/mol. The molecule has 0 atom stereocenters. The van der Waals surface area contributed by atoms with Gasteiger partial charge in [-0.2, -0.15) is 0 Å². The van der Waals surface area contributed by atoms with E-state index in [2.05, 4.69) is 13.2 Å². The number of hydrogen-bond acceptors (Lipinski definition) is 5. The van der Waals surface area contributed by atoms with Crippen molar-refractivity contribution < 1.29 is 14.3 Å². The first-order valence-corrected chi connectivity index (χ1v) is 9.80. The van der Waals surface area contributed by atoms with Gasteiger partial charge < -0.3 is 4.74 Å². The third-order valence-corrected chi connectivity index (χ3v) is 5.23. The minimum absolute atomic E-state index is 0.0211. The maximum Gasteiger partial charge on any atom is 0.219 e. The summed E-state index contributed by atoms with van der Waals surface area (Å²) in [5.74, 6) is 1.36. The lowest BCUT2D eigenvalue weighted by atomic mass is 10.1. The van der Waals surface area contributed by atoms with E-state index in [-0.39, 0.29) is 10.2 Å². The van der Waals surface area contributed by atoms with Gasteiger partial charge >= 0.3 is 0 Å². The lowest BCUT2D eigenvalue weighted by molar-refractivity contribution is -0.108. The Hall–Kier alpha value is -2.24. The molecule has 134 valence electrons. The smallest absolute Gasteiger partial charge is 0.219 e. The predicted octanol–water partition coefficient (Wildman–Crippen LogP) is 5.37. The van der Waals surface area contributed by atoms with E-state index < -0.39 is 0 Å². The number of ether oxygens (including phenoxy) is 1. The van der Waals surface area contributed by atoms with E-state index in [4.69, 9.17) is 4.74 Å². The molecule has 0 amide bonds. The molecule has 0 saturated heterocycles. The topological polar surface area (TPSA) is 43.4 Å². The standard InChI is InChI=1S/C21H20O3S2/c1-4-20(22)25-14-13-24-18-9-5-16(6-10-18)17-7-11-19(12-8-17)26-21(23)15(2)3/h4-12H,1-2,13-14H2,3H3. The summed E-state index contributed by atoms with van der Waals surface area (Å²) in [5.41, 5.74) is 2.68. The van der Waals surface area contributed by atoms with Crippen molar-refractivity contribution in [2.24, 2.45) is 0 Å². The SMILES string of the molecule is C=CC(=O)SCCOc1ccc(-c2ccc(SC(=O)C(=C)C)cc2)cc1. The fourth-order valence-electron chi connectivity index (χ4n) is 2.01. The van der Waals surface area contributed by atoms with Crippen molar-refractivity contribution in [1.29, 1.82) is 0 Å². The summed E-state index contributed by atoms with van der Waals surface area (Å²) in [6.07, 6.45) is 1.30. The Kier molecular flexibility index (Phi) is 7.75. The van der Waals surface area contributed by atoms with Crippen LogP contribution in [0.3, 0.4) is 0 Å². The first-order chi connectivity index (χ1) is 12.5. The number of carbonyl (C=O) groups excluding carboxylic acids is 2. The predicted molar refractivity (Wildman–Crippen MR) is 111 cm³/mol. The largest absolute Gasteiger partial charge is 0.493 e. The number of benzene rings is 2. The van der Waals surface area contributed by atoms with Gasteiger partial charge in [0.1, 0.15) is 5.75 Å². The molecule has 0 bridgehead atoms. The van der Waals surface area contributed by atoms with Gasteiger partial charge in [0.2, 0.25) is 10.2 Å². The summed E-state index contributed by atoms with van der Waals surface area (Å²) < 4.78 is 5.62. The van der Waals surface area contributed by atoms with Crippen LogP contribution in [0.2, 0.25) is 0 Å². The molecule has 2 rings (SSSR count). The molecule has 0 heterocycles. The van der Waals surface area contributed by atoms with Crippen molar-refractivity contribution in [2.75, 3.05) is 12.4 Å². The average molecular weight is 385 g/mol. The van der Waals surface area contributed by atoms with Gasteiger partial charge in [0.05, 0.1) is 6.61 Å². The summed E-state index contributed by atoms with van der Waals surface area (Å²) in [7, 11) is 0. The molecule has 0 N–H and O–H groups in total. The van der Waals surface area contributed by atoms with Gasteiger partial charge in [-0.1, -0.05) is 49.2 Å². The minimum atomic E-state index is -0.0458. The van der Waals surface area contributed by atoms with Crippen LogP contribution in [0.25, 0.3) is 11.1 Å². The highest BCUT2D eigenvalue weighted by atomic mass is 32.2. The molecule has 0 aliphatic rings. The molecule has 0 aromatic heterocycles. The Labute approximate surface area is 162 Å². The molecule has 2 aromatic carbocycles. The molecular weight excluding hydrogens is 364 g/mol. The zero-order chi connectivity index (χ0) is 18.9. The van der Waals surface area contributed by atoms with Crippen molar-refractivity contribution in [3.63, 3.8) is 0 Å². The lowest BCUT2D eigenvalue weighted by Gasteiger charge is -2.07. The Bertz CT molecular complexity index is 793. The average Bonchev–Trinajstić information content (AvgIpc) is 2.66. The van der Waals surface area contributed by atoms with Crippen LogP contribution < -0.4 is 4.74 Å².